The van der Waals surface area contributed by atoms with Gasteiger partial charge in [-0.3, -0.25) is 13.9 Å². The number of hydrogen-bond donors (Lipinski definition) is 2. The predicted octanol–water partition coefficient (Wildman–Crippen LogP) is 3.73. The average Bonchev–Trinajstić information content (AvgIpc) is 2.59. The van der Waals surface area contributed by atoms with Gasteiger partial charge in [-0.25, -0.2) is 8.42 Å². The van der Waals surface area contributed by atoms with Crippen molar-refractivity contribution in [3.8, 4) is 0 Å². The zero-order valence-corrected chi connectivity index (χ0v) is 18.0. The second-order valence-electron chi connectivity index (χ2n) is 7.02. The molecule has 156 valence electrons. The summed E-state index contributed by atoms with van der Waals surface area (Å²) < 4.78 is 25.2. The highest BCUT2D eigenvalue weighted by molar-refractivity contribution is 7.92. The van der Waals surface area contributed by atoms with Crippen LogP contribution in [0.25, 0.3) is 0 Å². The van der Waals surface area contributed by atoms with E-state index >= 15 is 0 Å². The number of halogens is 1. The number of anilines is 3. The highest BCUT2D eigenvalue weighted by atomic mass is 35.5. The van der Waals surface area contributed by atoms with Crippen LogP contribution in [-0.4, -0.2) is 33.0 Å². The van der Waals surface area contributed by atoms with E-state index in [-0.39, 0.29) is 11.8 Å². The van der Waals surface area contributed by atoms with Gasteiger partial charge in [-0.05, 0) is 48.4 Å². The molecule has 2 rings (SSSR count). The standard InChI is InChI=1S/C20H24ClN3O4S/c1-14(2)11-19(25)22-16-7-9-17(10-8-16)23-20(26)13-24(29(3,27)28)18-6-4-5-15(21)12-18/h4-10,12,14H,11,13H2,1-3H3,(H,22,25)(H,23,26). The van der Waals surface area contributed by atoms with Crippen LogP contribution in [0.15, 0.2) is 48.5 Å². The van der Waals surface area contributed by atoms with Crippen molar-refractivity contribution in [2.24, 2.45) is 5.92 Å². The molecular weight excluding hydrogens is 414 g/mol. The minimum absolute atomic E-state index is 0.0814. The fraction of sp³-hybridized carbons (Fsp3) is 0.300. The van der Waals surface area contributed by atoms with Crippen LogP contribution in [0.1, 0.15) is 20.3 Å². The van der Waals surface area contributed by atoms with Crippen molar-refractivity contribution in [2.75, 3.05) is 27.7 Å². The van der Waals surface area contributed by atoms with E-state index in [1.54, 1.807) is 42.5 Å². The lowest BCUT2D eigenvalue weighted by atomic mass is 10.1. The van der Waals surface area contributed by atoms with Crippen LogP contribution >= 0.6 is 11.6 Å². The average molecular weight is 438 g/mol. The highest BCUT2D eigenvalue weighted by Gasteiger charge is 2.21. The lowest BCUT2D eigenvalue weighted by Gasteiger charge is -2.22. The number of sulfonamides is 1. The molecule has 2 amide bonds. The maximum Gasteiger partial charge on any atom is 0.245 e. The molecule has 0 fully saturated rings. The molecule has 2 aromatic carbocycles. The van der Waals surface area contributed by atoms with Crippen LogP contribution in [0, 0.1) is 5.92 Å². The minimum atomic E-state index is -3.69. The Kier molecular flexibility index (Phi) is 7.64. The third-order valence-corrected chi connectivity index (χ3v) is 5.21. The van der Waals surface area contributed by atoms with Crippen molar-refractivity contribution < 1.29 is 18.0 Å². The van der Waals surface area contributed by atoms with E-state index in [0.29, 0.717) is 28.5 Å². The number of nitrogens with zero attached hydrogens (tertiary/aromatic N) is 1. The lowest BCUT2D eigenvalue weighted by Crippen LogP contribution is -2.37. The van der Waals surface area contributed by atoms with E-state index in [0.717, 1.165) is 10.6 Å². The van der Waals surface area contributed by atoms with Crippen molar-refractivity contribution >= 4 is 50.5 Å². The quantitative estimate of drug-likeness (QED) is 0.657. The van der Waals surface area contributed by atoms with Crippen molar-refractivity contribution in [3.63, 3.8) is 0 Å². The summed E-state index contributed by atoms with van der Waals surface area (Å²) in [7, 11) is -3.69. The fourth-order valence-electron chi connectivity index (χ4n) is 2.58. The zero-order valence-electron chi connectivity index (χ0n) is 16.5. The van der Waals surface area contributed by atoms with Gasteiger partial charge >= 0.3 is 0 Å². The molecule has 9 heteroatoms. The largest absolute Gasteiger partial charge is 0.326 e. The Hall–Kier alpha value is -2.58. The molecule has 0 saturated heterocycles. The SMILES string of the molecule is CC(C)CC(=O)Nc1ccc(NC(=O)CN(c2cccc(Cl)c2)S(C)(=O)=O)cc1. The monoisotopic (exact) mass is 437 g/mol. The van der Waals surface area contributed by atoms with Crippen LogP contribution in [0.4, 0.5) is 17.1 Å². The molecule has 0 radical (unpaired) electrons. The molecule has 0 saturated carbocycles. The normalized spacial score (nSPS) is 11.2. The molecule has 0 unspecified atom stereocenters. The number of carbonyl (C=O) groups is 2. The van der Waals surface area contributed by atoms with Gasteiger partial charge in [0.1, 0.15) is 6.54 Å². The van der Waals surface area contributed by atoms with Crippen molar-refractivity contribution in [2.45, 2.75) is 20.3 Å². The van der Waals surface area contributed by atoms with Crippen LogP contribution in [0.3, 0.4) is 0 Å². The summed E-state index contributed by atoms with van der Waals surface area (Å²) in [6.07, 6.45) is 1.44. The molecular formula is C20H24ClN3O4S. The van der Waals surface area contributed by atoms with E-state index in [9.17, 15) is 18.0 Å². The summed E-state index contributed by atoms with van der Waals surface area (Å²) in [5, 5.41) is 5.80. The Morgan fingerprint density at radius 1 is 1.00 bits per heavy atom. The topological polar surface area (TPSA) is 95.6 Å². The molecule has 7 nitrogen and oxygen atoms in total. The summed E-state index contributed by atoms with van der Waals surface area (Å²) >= 11 is 5.93. The molecule has 0 bridgehead atoms. The molecule has 0 aliphatic heterocycles. The van der Waals surface area contributed by atoms with Gasteiger partial charge in [0, 0.05) is 22.8 Å². The molecule has 0 atom stereocenters. The number of carbonyl (C=O) groups excluding carboxylic acids is 2. The van der Waals surface area contributed by atoms with Crippen LogP contribution in [-0.2, 0) is 19.6 Å². The first kappa shape index (κ1) is 22.7. The fourth-order valence-corrected chi connectivity index (χ4v) is 3.61. The zero-order chi connectivity index (χ0) is 21.6. The Balaban J connectivity index is 2.04. The second-order valence-corrected chi connectivity index (χ2v) is 9.36. The smallest absolute Gasteiger partial charge is 0.245 e. The number of amides is 2. The second kappa shape index (κ2) is 9.76. The van der Waals surface area contributed by atoms with Crippen molar-refractivity contribution in [1.82, 2.24) is 0 Å². The molecule has 2 aromatic rings. The van der Waals surface area contributed by atoms with Crippen molar-refractivity contribution in [3.05, 3.63) is 53.6 Å². The lowest BCUT2D eigenvalue weighted by molar-refractivity contribution is -0.117. The van der Waals surface area contributed by atoms with E-state index in [1.807, 2.05) is 13.8 Å². The first-order valence-corrected chi connectivity index (χ1v) is 11.2. The minimum Gasteiger partial charge on any atom is -0.326 e. The van der Waals surface area contributed by atoms with Gasteiger partial charge < -0.3 is 10.6 Å². The summed E-state index contributed by atoms with van der Waals surface area (Å²) in [6, 6.07) is 12.9. The van der Waals surface area contributed by atoms with Crippen LogP contribution in [0.5, 0.6) is 0 Å². The molecule has 29 heavy (non-hydrogen) atoms. The Bertz CT molecular complexity index is 975. The maximum atomic E-state index is 12.4. The van der Waals surface area contributed by atoms with Gasteiger partial charge in [-0.1, -0.05) is 31.5 Å². The van der Waals surface area contributed by atoms with Gasteiger partial charge in [-0.2, -0.15) is 0 Å². The third kappa shape index (κ3) is 7.40. The van der Waals surface area contributed by atoms with Crippen LogP contribution in [0.2, 0.25) is 5.02 Å². The van der Waals surface area contributed by atoms with Gasteiger partial charge in [0.25, 0.3) is 0 Å². The summed E-state index contributed by atoms with van der Waals surface area (Å²) in [4.78, 5) is 24.2. The van der Waals surface area contributed by atoms with Crippen molar-refractivity contribution in [1.29, 1.82) is 0 Å². The number of benzene rings is 2. The number of nitrogens with one attached hydrogen (secondary N) is 2. The van der Waals surface area contributed by atoms with Gasteiger partial charge in [0.2, 0.25) is 21.8 Å². The Morgan fingerprint density at radius 2 is 1.55 bits per heavy atom. The molecule has 0 aromatic heterocycles. The van der Waals surface area contributed by atoms with E-state index in [1.165, 1.54) is 6.07 Å². The molecule has 0 spiro atoms. The van der Waals surface area contributed by atoms with Gasteiger partial charge in [-0.15, -0.1) is 0 Å². The highest BCUT2D eigenvalue weighted by Crippen LogP contribution is 2.22. The van der Waals surface area contributed by atoms with E-state index < -0.39 is 22.5 Å². The number of hydrogen-bond acceptors (Lipinski definition) is 4. The number of rotatable bonds is 8. The first-order valence-electron chi connectivity index (χ1n) is 8.97. The summed E-state index contributed by atoms with van der Waals surface area (Å²) in [6.45, 7) is 3.52. The molecule has 0 aliphatic rings. The van der Waals surface area contributed by atoms with Crippen LogP contribution < -0.4 is 14.9 Å². The molecule has 0 heterocycles. The van der Waals surface area contributed by atoms with Gasteiger partial charge in [0.05, 0.1) is 11.9 Å². The molecule has 0 aliphatic carbocycles. The maximum absolute atomic E-state index is 12.4. The third-order valence-electron chi connectivity index (χ3n) is 3.83. The van der Waals surface area contributed by atoms with E-state index in [2.05, 4.69) is 10.6 Å². The summed E-state index contributed by atoms with van der Waals surface area (Å²) in [5.74, 6) is -0.333. The Morgan fingerprint density at radius 3 is 2.03 bits per heavy atom. The van der Waals surface area contributed by atoms with E-state index in [4.69, 9.17) is 11.6 Å². The predicted molar refractivity (Wildman–Crippen MR) is 117 cm³/mol. The first-order chi connectivity index (χ1) is 13.5. The molecule has 2 N–H and O–H groups in total. The van der Waals surface area contributed by atoms with Gasteiger partial charge in [0.15, 0.2) is 0 Å². The Labute approximate surface area is 176 Å². The summed E-state index contributed by atoms with van der Waals surface area (Å²) in [5.41, 5.74) is 1.40.